The van der Waals surface area contributed by atoms with Crippen molar-refractivity contribution in [3.63, 3.8) is 0 Å². The molecule has 6 heteroatoms. The zero-order valence-corrected chi connectivity index (χ0v) is 12.4. The zero-order chi connectivity index (χ0) is 15.1. The summed E-state index contributed by atoms with van der Waals surface area (Å²) < 4.78 is 5.22. The third-order valence-corrected chi connectivity index (χ3v) is 3.85. The van der Waals surface area contributed by atoms with Gasteiger partial charge in [-0.1, -0.05) is 5.16 Å². The van der Waals surface area contributed by atoms with Gasteiger partial charge in [0.15, 0.2) is 5.82 Å². The van der Waals surface area contributed by atoms with Gasteiger partial charge in [0, 0.05) is 37.1 Å². The second-order valence-corrected chi connectivity index (χ2v) is 5.45. The number of nitrogens with zero attached hydrogens (tertiary/aromatic N) is 5. The predicted octanol–water partition coefficient (Wildman–Crippen LogP) is 2.49. The summed E-state index contributed by atoms with van der Waals surface area (Å²) in [6, 6.07) is 5.98. The van der Waals surface area contributed by atoms with E-state index in [0.29, 0.717) is 11.7 Å². The summed E-state index contributed by atoms with van der Waals surface area (Å²) >= 11 is 0. The maximum atomic E-state index is 5.22. The highest BCUT2D eigenvalue weighted by atomic mass is 16.5. The summed E-state index contributed by atoms with van der Waals surface area (Å²) in [5.41, 5.74) is 3.99. The molecule has 0 saturated heterocycles. The molecule has 0 atom stereocenters. The highest BCUT2D eigenvalue weighted by molar-refractivity contribution is 5.68. The van der Waals surface area contributed by atoms with Crippen molar-refractivity contribution in [2.45, 2.75) is 13.3 Å². The van der Waals surface area contributed by atoms with Gasteiger partial charge in [0.05, 0.1) is 5.69 Å². The fourth-order valence-corrected chi connectivity index (χ4v) is 2.70. The molecule has 1 aliphatic rings. The van der Waals surface area contributed by atoms with E-state index in [2.05, 4.69) is 38.1 Å². The van der Waals surface area contributed by atoms with E-state index in [9.17, 15) is 0 Å². The Balaban J connectivity index is 1.74. The minimum absolute atomic E-state index is 0.509. The molecule has 0 fully saturated rings. The van der Waals surface area contributed by atoms with Gasteiger partial charge in [0.25, 0.3) is 5.89 Å². The van der Waals surface area contributed by atoms with Crippen molar-refractivity contribution in [2.24, 2.45) is 0 Å². The smallest absolute Gasteiger partial charge is 0.258 e. The molecule has 22 heavy (non-hydrogen) atoms. The lowest BCUT2D eigenvalue weighted by Crippen LogP contribution is -2.13. The average molecular weight is 293 g/mol. The maximum absolute atomic E-state index is 5.22. The Kier molecular flexibility index (Phi) is 2.89. The summed E-state index contributed by atoms with van der Waals surface area (Å²) in [4.78, 5) is 15.4. The molecule has 1 aliphatic heterocycles. The Bertz CT molecular complexity index is 842. The van der Waals surface area contributed by atoms with Crippen LogP contribution in [0.4, 0.5) is 5.82 Å². The lowest BCUT2D eigenvalue weighted by Gasteiger charge is -2.10. The molecule has 4 heterocycles. The van der Waals surface area contributed by atoms with Crippen molar-refractivity contribution in [2.75, 3.05) is 18.5 Å². The molecular weight excluding hydrogens is 278 g/mol. The highest BCUT2D eigenvalue weighted by Crippen LogP contribution is 2.29. The van der Waals surface area contributed by atoms with Gasteiger partial charge < -0.3 is 9.42 Å². The first kappa shape index (κ1) is 12.9. The monoisotopic (exact) mass is 293 g/mol. The standard InChI is InChI=1S/C16H15N5O/c1-10-19-16(22-20-10)12-3-5-17-14(8-12)13-7-11-4-6-21(2)15(11)18-9-13/h3,5,7-9H,4,6H2,1-2H3. The Morgan fingerprint density at radius 2 is 2.09 bits per heavy atom. The van der Waals surface area contributed by atoms with E-state index < -0.39 is 0 Å². The van der Waals surface area contributed by atoms with Crippen molar-refractivity contribution in [3.8, 4) is 22.7 Å². The van der Waals surface area contributed by atoms with Crippen molar-refractivity contribution in [1.29, 1.82) is 0 Å². The number of aryl methyl sites for hydroxylation is 1. The number of rotatable bonds is 2. The number of fused-ring (bicyclic) bond motifs is 1. The Morgan fingerprint density at radius 1 is 1.18 bits per heavy atom. The SMILES string of the molecule is Cc1noc(-c2ccnc(-c3cnc4c(c3)CCN4C)c2)n1. The molecule has 6 nitrogen and oxygen atoms in total. The molecule has 0 amide bonds. The number of anilines is 1. The third-order valence-electron chi connectivity index (χ3n) is 3.85. The lowest BCUT2D eigenvalue weighted by atomic mass is 10.1. The third kappa shape index (κ3) is 2.13. The van der Waals surface area contributed by atoms with Crippen LogP contribution in [0.3, 0.4) is 0 Å². The number of aromatic nitrogens is 4. The quantitative estimate of drug-likeness (QED) is 0.723. The highest BCUT2D eigenvalue weighted by Gasteiger charge is 2.18. The van der Waals surface area contributed by atoms with Crippen LogP contribution < -0.4 is 4.90 Å². The molecular formula is C16H15N5O. The van der Waals surface area contributed by atoms with Crippen LogP contribution in [0.15, 0.2) is 35.1 Å². The molecule has 4 rings (SSSR count). The number of hydrogen-bond acceptors (Lipinski definition) is 6. The molecule has 0 aromatic carbocycles. The van der Waals surface area contributed by atoms with Crippen LogP contribution in [0.25, 0.3) is 22.7 Å². The number of pyridine rings is 2. The fraction of sp³-hybridized carbons (Fsp3) is 0.250. The van der Waals surface area contributed by atoms with Crippen LogP contribution in [0, 0.1) is 6.92 Å². The van der Waals surface area contributed by atoms with Crippen LogP contribution in [-0.2, 0) is 6.42 Å². The van der Waals surface area contributed by atoms with Gasteiger partial charge in [-0.05, 0) is 37.1 Å². The van der Waals surface area contributed by atoms with Gasteiger partial charge in [0.1, 0.15) is 5.82 Å². The van der Waals surface area contributed by atoms with E-state index >= 15 is 0 Å². The summed E-state index contributed by atoms with van der Waals surface area (Å²) in [5, 5.41) is 3.83. The zero-order valence-electron chi connectivity index (χ0n) is 12.4. The number of hydrogen-bond donors (Lipinski definition) is 0. The molecule has 0 unspecified atom stereocenters. The summed E-state index contributed by atoms with van der Waals surface area (Å²) in [7, 11) is 2.06. The minimum Gasteiger partial charge on any atom is -0.359 e. The predicted molar refractivity (Wildman–Crippen MR) is 82.5 cm³/mol. The van der Waals surface area contributed by atoms with Gasteiger partial charge in [-0.15, -0.1) is 0 Å². The first-order chi connectivity index (χ1) is 10.7. The van der Waals surface area contributed by atoms with E-state index in [0.717, 1.165) is 35.6 Å². The number of likely N-dealkylation sites (N-methyl/N-ethyl adjacent to an activating group) is 1. The van der Waals surface area contributed by atoms with E-state index in [4.69, 9.17) is 4.52 Å². The molecule has 0 radical (unpaired) electrons. The first-order valence-corrected chi connectivity index (χ1v) is 7.18. The minimum atomic E-state index is 0.509. The van der Waals surface area contributed by atoms with Gasteiger partial charge in [0.2, 0.25) is 0 Å². The van der Waals surface area contributed by atoms with Crippen LogP contribution in [0.5, 0.6) is 0 Å². The van der Waals surface area contributed by atoms with Crippen molar-refractivity contribution < 1.29 is 4.52 Å². The van der Waals surface area contributed by atoms with Crippen LogP contribution >= 0.6 is 0 Å². The molecule has 3 aromatic heterocycles. The second kappa shape index (κ2) is 4.91. The van der Waals surface area contributed by atoms with Crippen LogP contribution in [0.2, 0.25) is 0 Å². The van der Waals surface area contributed by atoms with Gasteiger partial charge >= 0.3 is 0 Å². The van der Waals surface area contributed by atoms with Crippen molar-refractivity contribution in [1.82, 2.24) is 20.1 Å². The molecule has 0 saturated carbocycles. The van der Waals surface area contributed by atoms with E-state index in [1.165, 1.54) is 5.56 Å². The molecule has 3 aromatic rings. The Morgan fingerprint density at radius 3 is 2.91 bits per heavy atom. The summed E-state index contributed by atoms with van der Waals surface area (Å²) in [6.07, 6.45) is 4.64. The summed E-state index contributed by atoms with van der Waals surface area (Å²) in [5.74, 6) is 2.19. The van der Waals surface area contributed by atoms with Crippen LogP contribution in [0.1, 0.15) is 11.4 Å². The van der Waals surface area contributed by atoms with Gasteiger partial charge in [-0.25, -0.2) is 4.98 Å². The average Bonchev–Trinajstić information content (AvgIpc) is 3.14. The molecule has 0 N–H and O–H groups in total. The first-order valence-electron chi connectivity index (χ1n) is 7.18. The molecule has 0 spiro atoms. The van der Waals surface area contributed by atoms with E-state index in [1.54, 1.807) is 13.1 Å². The normalized spacial score (nSPS) is 13.5. The van der Waals surface area contributed by atoms with E-state index in [1.807, 2.05) is 18.3 Å². The van der Waals surface area contributed by atoms with Crippen molar-refractivity contribution >= 4 is 5.82 Å². The Hall–Kier alpha value is -2.76. The van der Waals surface area contributed by atoms with Crippen molar-refractivity contribution in [3.05, 3.63) is 42.0 Å². The molecule has 0 bridgehead atoms. The molecule has 110 valence electrons. The van der Waals surface area contributed by atoms with Gasteiger partial charge in [-0.2, -0.15) is 4.98 Å². The summed E-state index contributed by atoms with van der Waals surface area (Å²) in [6.45, 7) is 2.82. The second-order valence-electron chi connectivity index (χ2n) is 5.45. The van der Waals surface area contributed by atoms with Crippen LogP contribution in [-0.4, -0.2) is 33.7 Å². The van der Waals surface area contributed by atoms with Gasteiger partial charge in [-0.3, -0.25) is 4.98 Å². The Labute approximate surface area is 127 Å². The topological polar surface area (TPSA) is 67.9 Å². The molecule has 0 aliphatic carbocycles. The lowest BCUT2D eigenvalue weighted by molar-refractivity contribution is 0.425. The largest absolute Gasteiger partial charge is 0.359 e. The maximum Gasteiger partial charge on any atom is 0.258 e. The van der Waals surface area contributed by atoms with E-state index in [-0.39, 0.29) is 0 Å². The fourth-order valence-electron chi connectivity index (χ4n) is 2.70.